The number of hydrogen-bond acceptors (Lipinski definition) is 4. The van der Waals surface area contributed by atoms with Gasteiger partial charge in [0.1, 0.15) is 5.60 Å². The molecule has 2 aliphatic heterocycles. The quantitative estimate of drug-likeness (QED) is 0.689. The molecule has 0 aromatic heterocycles. The first-order valence-corrected chi connectivity index (χ1v) is 8.55. The van der Waals surface area contributed by atoms with Gasteiger partial charge in [-0.25, -0.2) is 4.79 Å². The smallest absolute Gasteiger partial charge is 0.410 e. The second-order valence-corrected chi connectivity index (χ2v) is 8.54. The van der Waals surface area contributed by atoms with Crippen LogP contribution in [0.5, 0.6) is 0 Å². The Morgan fingerprint density at radius 2 is 1.68 bits per heavy atom. The van der Waals surface area contributed by atoms with Crippen LogP contribution in [0.25, 0.3) is 0 Å². The minimum absolute atomic E-state index is 0.137. The first-order chi connectivity index (χ1) is 8.58. The molecule has 0 aliphatic carbocycles. The highest BCUT2D eigenvalue weighted by molar-refractivity contribution is 8.11. The van der Waals surface area contributed by atoms with E-state index in [1.165, 1.54) is 4.31 Å². The van der Waals surface area contributed by atoms with E-state index in [9.17, 15) is 13.2 Å². The highest BCUT2D eigenvalue weighted by Crippen LogP contribution is 2.33. The number of halogens is 1. The van der Waals surface area contributed by atoms with Crippen LogP contribution in [0.3, 0.4) is 0 Å². The zero-order chi connectivity index (χ0) is 14.4. The molecule has 110 valence electrons. The highest BCUT2D eigenvalue weighted by atomic mass is 35.7. The number of fused-ring (bicyclic) bond motifs is 2. The maximum atomic E-state index is 12.1. The Balaban J connectivity index is 2.10. The topological polar surface area (TPSA) is 66.9 Å². The molecule has 0 saturated carbocycles. The molecule has 19 heavy (non-hydrogen) atoms. The maximum Gasteiger partial charge on any atom is 0.410 e. The fourth-order valence-electron chi connectivity index (χ4n) is 2.66. The van der Waals surface area contributed by atoms with Crippen molar-refractivity contribution >= 4 is 26.0 Å². The van der Waals surface area contributed by atoms with Gasteiger partial charge in [0, 0.05) is 35.9 Å². The Kier molecular flexibility index (Phi) is 3.75. The zero-order valence-corrected chi connectivity index (χ0v) is 12.9. The molecule has 2 rings (SSSR count). The van der Waals surface area contributed by atoms with Gasteiger partial charge in [-0.2, -0.15) is 12.7 Å². The molecule has 0 aromatic carbocycles. The lowest BCUT2D eigenvalue weighted by Gasteiger charge is -2.39. The van der Waals surface area contributed by atoms with Crippen molar-refractivity contribution in [3.8, 4) is 0 Å². The summed E-state index contributed by atoms with van der Waals surface area (Å²) in [6.45, 7) is 5.94. The predicted molar refractivity (Wildman–Crippen MR) is 71.2 cm³/mol. The van der Waals surface area contributed by atoms with Crippen molar-refractivity contribution in [1.82, 2.24) is 9.21 Å². The molecule has 2 heterocycles. The Bertz CT molecular complexity index is 460. The van der Waals surface area contributed by atoms with Crippen molar-refractivity contribution in [2.45, 2.75) is 51.3 Å². The van der Waals surface area contributed by atoms with Crippen LogP contribution in [-0.2, 0) is 14.0 Å². The molecule has 2 bridgehead atoms. The molecule has 0 radical (unpaired) electrons. The van der Waals surface area contributed by atoms with Crippen molar-refractivity contribution in [1.29, 1.82) is 0 Å². The second kappa shape index (κ2) is 4.79. The number of hydrogen-bond donors (Lipinski definition) is 0. The second-order valence-electron chi connectivity index (χ2n) is 6.03. The standard InChI is InChI=1S/C11H19ClN2O4S/c1-11(2,3)18-10(15)14-8-4-5-9(14)7-13(6-8)19(12,16)17/h8-9H,4-7H2,1-3H3. The molecule has 8 heteroatoms. The Morgan fingerprint density at radius 1 is 1.21 bits per heavy atom. The third-order valence-electron chi connectivity index (χ3n) is 3.36. The van der Waals surface area contributed by atoms with Crippen LogP contribution in [0.2, 0.25) is 0 Å². The van der Waals surface area contributed by atoms with Gasteiger partial charge < -0.3 is 4.74 Å². The van der Waals surface area contributed by atoms with Gasteiger partial charge in [0.15, 0.2) is 0 Å². The third-order valence-corrected chi connectivity index (χ3v) is 4.86. The van der Waals surface area contributed by atoms with E-state index >= 15 is 0 Å². The molecule has 2 fully saturated rings. The molecule has 0 aromatic rings. The van der Waals surface area contributed by atoms with Crippen molar-refractivity contribution in [2.75, 3.05) is 13.1 Å². The molecule has 6 nitrogen and oxygen atoms in total. The normalized spacial score (nSPS) is 28.5. The molecular weight excluding hydrogens is 292 g/mol. The summed E-state index contributed by atoms with van der Waals surface area (Å²) in [5.74, 6) is 0. The van der Waals surface area contributed by atoms with E-state index in [0.29, 0.717) is 0 Å². The Hall–Kier alpha value is -0.530. The molecular formula is C11H19ClN2O4S. The lowest BCUT2D eigenvalue weighted by atomic mass is 10.2. The Morgan fingerprint density at radius 3 is 2.05 bits per heavy atom. The first kappa shape index (κ1) is 14.9. The fraction of sp³-hybridized carbons (Fsp3) is 0.909. The van der Waals surface area contributed by atoms with Gasteiger partial charge in [-0.15, -0.1) is 0 Å². The van der Waals surface area contributed by atoms with Gasteiger partial charge in [-0.1, -0.05) is 0 Å². The number of amides is 1. The average molecular weight is 311 g/mol. The summed E-state index contributed by atoms with van der Waals surface area (Å²) < 4.78 is 29.3. The number of piperazine rings is 1. The predicted octanol–water partition coefficient (Wildman–Crippen LogP) is 1.55. The number of rotatable bonds is 1. The lowest BCUT2D eigenvalue weighted by molar-refractivity contribution is 0.00400. The number of ether oxygens (including phenoxy) is 1. The average Bonchev–Trinajstić information content (AvgIpc) is 2.45. The van der Waals surface area contributed by atoms with E-state index < -0.39 is 14.8 Å². The van der Waals surface area contributed by atoms with Crippen molar-refractivity contribution in [2.24, 2.45) is 0 Å². The van der Waals surface area contributed by atoms with Gasteiger partial charge in [0.05, 0.1) is 0 Å². The lowest BCUT2D eigenvalue weighted by Crippen LogP contribution is -2.57. The summed E-state index contributed by atoms with van der Waals surface area (Å²) in [6, 6.07) is -0.274. The summed E-state index contributed by atoms with van der Waals surface area (Å²) in [6.07, 6.45) is 1.20. The van der Waals surface area contributed by atoms with Crippen LogP contribution >= 0.6 is 10.7 Å². The molecule has 2 atom stereocenters. The summed E-state index contributed by atoms with van der Waals surface area (Å²) in [4.78, 5) is 13.8. The van der Waals surface area contributed by atoms with Crippen molar-refractivity contribution < 1.29 is 17.9 Å². The summed E-state index contributed by atoms with van der Waals surface area (Å²) in [5, 5.41) is 0. The largest absolute Gasteiger partial charge is 0.444 e. The van der Waals surface area contributed by atoms with Crippen LogP contribution in [-0.4, -0.2) is 54.5 Å². The van der Waals surface area contributed by atoms with E-state index in [2.05, 4.69) is 0 Å². The van der Waals surface area contributed by atoms with E-state index in [1.54, 1.807) is 4.90 Å². The molecule has 2 unspecified atom stereocenters. The van der Waals surface area contributed by atoms with Crippen LogP contribution in [0.15, 0.2) is 0 Å². The number of nitrogens with zero attached hydrogens (tertiary/aromatic N) is 2. The zero-order valence-electron chi connectivity index (χ0n) is 11.3. The monoisotopic (exact) mass is 310 g/mol. The van der Waals surface area contributed by atoms with Gasteiger partial charge in [-0.05, 0) is 33.6 Å². The third kappa shape index (κ3) is 3.32. The fourth-order valence-corrected chi connectivity index (χ4v) is 3.69. The van der Waals surface area contributed by atoms with Crippen molar-refractivity contribution in [3.63, 3.8) is 0 Å². The molecule has 0 spiro atoms. The van der Waals surface area contributed by atoms with E-state index in [0.717, 1.165) is 12.8 Å². The van der Waals surface area contributed by atoms with Gasteiger partial charge in [0.2, 0.25) is 0 Å². The van der Waals surface area contributed by atoms with Crippen LogP contribution in [0.4, 0.5) is 4.79 Å². The summed E-state index contributed by atoms with van der Waals surface area (Å²) >= 11 is 0. The minimum Gasteiger partial charge on any atom is -0.444 e. The van der Waals surface area contributed by atoms with Crippen LogP contribution in [0, 0.1) is 0 Å². The van der Waals surface area contributed by atoms with Crippen LogP contribution in [0.1, 0.15) is 33.6 Å². The van der Waals surface area contributed by atoms with Gasteiger partial charge >= 0.3 is 6.09 Å². The minimum atomic E-state index is -3.71. The summed E-state index contributed by atoms with van der Waals surface area (Å²) in [5.41, 5.74) is -0.549. The molecule has 1 amide bonds. The first-order valence-electron chi connectivity index (χ1n) is 6.29. The SMILES string of the molecule is CC(C)(C)OC(=O)N1C2CCC1CN(S(=O)(=O)Cl)C2. The van der Waals surface area contributed by atoms with Gasteiger partial charge in [0.25, 0.3) is 9.24 Å². The van der Waals surface area contributed by atoms with Gasteiger partial charge in [-0.3, -0.25) is 4.90 Å². The highest BCUT2D eigenvalue weighted by Gasteiger charge is 2.46. The molecule has 2 saturated heterocycles. The summed E-state index contributed by atoms with van der Waals surface area (Å²) in [7, 11) is 1.66. The number of carbonyl (C=O) groups excluding carboxylic acids is 1. The van der Waals surface area contributed by atoms with Crippen molar-refractivity contribution in [3.05, 3.63) is 0 Å². The Labute approximate surface area is 118 Å². The van der Waals surface area contributed by atoms with E-state index in [1.807, 2.05) is 20.8 Å². The maximum absolute atomic E-state index is 12.1. The van der Waals surface area contributed by atoms with E-state index in [4.69, 9.17) is 15.4 Å². The van der Waals surface area contributed by atoms with Crippen LogP contribution < -0.4 is 0 Å². The molecule has 2 aliphatic rings. The van der Waals surface area contributed by atoms with E-state index in [-0.39, 0.29) is 31.3 Å². The number of carbonyl (C=O) groups is 1. The molecule has 0 N–H and O–H groups in total.